The molecule has 0 atom stereocenters. The maximum Gasteiger partial charge on any atom is 0.255 e. The highest BCUT2D eigenvalue weighted by Crippen LogP contribution is 2.22. The minimum atomic E-state index is 0.0621. The Morgan fingerprint density at radius 3 is 2.43 bits per heavy atom. The minimum Gasteiger partial charge on any atom is -0.339 e. The van der Waals surface area contributed by atoms with Crippen molar-refractivity contribution < 1.29 is 4.79 Å². The lowest BCUT2D eigenvalue weighted by atomic mass is 10.1. The molecule has 0 spiro atoms. The molecule has 0 saturated carbocycles. The monoisotopic (exact) mass is 500 g/mol. The van der Waals surface area contributed by atoms with Crippen molar-refractivity contribution in [3.63, 3.8) is 0 Å². The Kier molecular flexibility index (Phi) is 9.19. The first-order chi connectivity index (χ1) is 17.9. The van der Waals surface area contributed by atoms with E-state index in [4.69, 9.17) is 4.98 Å². The normalized spacial score (nSPS) is 13.8. The number of hydrogen-bond donors (Lipinski definition) is 1. The van der Waals surface area contributed by atoms with E-state index in [1.165, 1.54) is 12.8 Å². The second-order valence-corrected chi connectivity index (χ2v) is 10.7. The molecular formula is C30H40N6O. The van der Waals surface area contributed by atoms with Gasteiger partial charge in [0, 0.05) is 25.5 Å². The highest BCUT2D eigenvalue weighted by Gasteiger charge is 2.19. The maximum atomic E-state index is 13.6. The molecule has 3 aromatic heterocycles. The molecule has 1 aliphatic heterocycles. The summed E-state index contributed by atoms with van der Waals surface area (Å²) in [5.41, 5.74) is 2.14. The largest absolute Gasteiger partial charge is 0.339 e. The summed E-state index contributed by atoms with van der Waals surface area (Å²) in [7, 11) is 0. The summed E-state index contributed by atoms with van der Waals surface area (Å²) in [5.74, 6) is 9.20. The van der Waals surface area contributed by atoms with Crippen LogP contribution >= 0.6 is 0 Å². The van der Waals surface area contributed by atoms with Crippen molar-refractivity contribution in [3.8, 4) is 11.8 Å². The molecule has 7 heteroatoms. The van der Waals surface area contributed by atoms with Crippen molar-refractivity contribution in [1.29, 1.82) is 0 Å². The van der Waals surface area contributed by atoms with Gasteiger partial charge in [0.1, 0.15) is 17.2 Å². The van der Waals surface area contributed by atoms with Gasteiger partial charge in [0.2, 0.25) is 0 Å². The van der Waals surface area contributed by atoms with Crippen LogP contribution in [0.4, 0.5) is 11.6 Å². The molecule has 1 N–H and O–H groups in total. The number of carbonyl (C=O) groups excluding carboxylic acids is 1. The Morgan fingerprint density at radius 2 is 1.78 bits per heavy atom. The van der Waals surface area contributed by atoms with Crippen LogP contribution in [0.25, 0.3) is 5.65 Å². The van der Waals surface area contributed by atoms with Crippen molar-refractivity contribution in [3.05, 3.63) is 54.0 Å². The molecule has 4 rings (SSSR count). The molecular weight excluding hydrogens is 460 g/mol. The summed E-state index contributed by atoms with van der Waals surface area (Å²) >= 11 is 0. The van der Waals surface area contributed by atoms with Gasteiger partial charge in [-0.3, -0.25) is 14.1 Å². The standard InChI is InChI=1S/C30H40N6O/c1-23(2)14-20-35(21-15-24(3)4)30(37)25-12-13-28-33-29(32-27-11-5-6-16-31-27)26(36(28)22-25)10-9-19-34-17-7-8-18-34/h5-6,11-13,16,22-24H,7-8,14-15,17-21H2,1-4H3,(H,31,32). The van der Waals surface area contributed by atoms with Crippen LogP contribution in [0, 0.1) is 23.7 Å². The Hall–Kier alpha value is -3.37. The van der Waals surface area contributed by atoms with Crippen molar-refractivity contribution in [2.24, 2.45) is 11.8 Å². The number of pyridine rings is 2. The summed E-state index contributed by atoms with van der Waals surface area (Å²) in [5, 5.41) is 3.32. The highest BCUT2D eigenvalue weighted by atomic mass is 16.2. The molecule has 7 nitrogen and oxygen atoms in total. The third-order valence-corrected chi connectivity index (χ3v) is 6.72. The lowest BCUT2D eigenvalue weighted by molar-refractivity contribution is 0.0740. The van der Waals surface area contributed by atoms with Gasteiger partial charge < -0.3 is 10.2 Å². The van der Waals surface area contributed by atoms with Crippen molar-refractivity contribution in [1.82, 2.24) is 24.2 Å². The van der Waals surface area contributed by atoms with Gasteiger partial charge in [-0.1, -0.05) is 39.7 Å². The topological polar surface area (TPSA) is 65.8 Å². The number of anilines is 2. The average Bonchev–Trinajstić information content (AvgIpc) is 3.52. The van der Waals surface area contributed by atoms with E-state index in [-0.39, 0.29) is 5.91 Å². The fraction of sp³-hybridized carbons (Fsp3) is 0.500. The molecule has 0 bridgehead atoms. The summed E-state index contributed by atoms with van der Waals surface area (Å²) in [6.45, 7) is 13.3. The smallest absolute Gasteiger partial charge is 0.255 e. The molecule has 1 saturated heterocycles. The van der Waals surface area contributed by atoms with Gasteiger partial charge in [-0.15, -0.1) is 0 Å². The zero-order valence-electron chi connectivity index (χ0n) is 22.7. The fourth-order valence-corrected chi connectivity index (χ4v) is 4.44. The van der Waals surface area contributed by atoms with Crippen LogP contribution in [0.3, 0.4) is 0 Å². The molecule has 37 heavy (non-hydrogen) atoms. The Labute approximate surface area is 221 Å². The first-order valence-corrected chi connectivity index (χ1v) is 13.6. The van der Waals surface area contributed by atoms with Gasteiger partial charge in [-0.25, -0.2) is 9.97 Å². The van der Waals surface area contributed by atoms with E-state index in [1.54, 1.807) is 6.20 Å². The van der Waals surface area contributed by atoms with E-state index in [1.807, 2.05) is 45.8 Å². The van der Waals surface area contributed by atoms with E-state index >= 15 is 0 Å². The third kappa shape index (κ3) is 7.33. The predicted octanol–water partition coefficient (Wildman–Crippen LogP) is 5.45. The number of amides is 1. The van der Waals surface area contributed by atoms with Crippen LogP contribution < -0.4 is 5.32 Å². The average molecular weight is 501 g/mol. The van der Waals surface area contributed by atoms with Crippen molar-refractivity contribution >= 4 is 23.2 Å². The number of likely N-dealkylation sites (tertiary alicyclic amines) is 1. The van der Waals surface area contributed by atoms with Crippen LogP contribution in [0.5, 0.6) is 0 Å². The molecule has 0 aliphatic carbocycles. The minimum absolute atomic E-state index is 0.0621. The predicted molar refractivity (Wildman–Crippen MR) is 150 cm³/mol. The first kappa shape index (κ1) is 26.7. The molecule has 1 fully saturated rings. The number of carbonyl (C=O) groups is 1. The van der Waals surface area contributed by atoms with Crippen LogP contribution in [-0.4, -0.2) is 62.8 Å². The van der Waals surface area contributed by atoms with E-state index in [9.17, 15) is 4.79 Å². The molecule has 0 unspecified atom stereocenters. The van der Waals surface area contributed by atoms with Gasteiger partial charge in [0.05, 0.1) is 12.1 Å². The second kappa shape index (κ2) is 12.7. The second-order valence-electron chi connectivity index (χ2n) is 10.7. The van der Waals surface area contributed by atoms with E-state index in [0.717, 1.165) is 56.9 Å². The number of nitrogens with zero attached hydrogens (tertiary/aromatic N) is 5. The Morgan fingerprint density at radius 1 is 1.05 bits per heavy atom. The van der Waals surface area contributed by atoms with Gasteiger partial charge in [-0.2, -0.15) is 0 Å². The van der Waals surface area contributed by atoms with E-state index in [0.29, 0.717) is 29.0 Å². The number of nitrogens with one attached hydrogen (secondary N) is 1. The summed E-state index contributed by atoms with van der Waals surface area (Å²) in [6, 6.07) is 9.51. The number of aromatic nitrogens is 3. The Balaban J connectivity index is 1.66. The lowest BCUT2D eigenvalue weighted by Crippen LogP contribution is -2.34. The fourth-order valence-electron chi connectivity index (χ4n) is 4.44. The number of hydrogen-bond acceptors (Lipinski definition) is 5. The summed E-state index contributed by atoms with van der Waals surface area (Å²) in [4.78, 5) is 27.2. The number of fused-ring (bicyclic) bond motifs is 1. The molecule has 0 radical (unpaired) electrons. The first-order valence-electron chi connectivity index (χ1n) is 13.6. The van der Waals surface area contributed by atoms with Gasteiger partial charge in [0.25, 0.3) is 5.91 Å². The molecule has 196 valence electrons. The number of rotatable bonds is 10. The zero-order chi connectivity index (χ0) is 26.2. The Bertz CT molecular complexity index is 1220. The maximum absolute atomic E-state index is 13.6. The summed E-state index contributed by atoms with van der Waals surface area (Å²) < 4.78 is 1.94. The third-order valence-electron chi connectivity index (χ3n) is 6.72. The molecule has 0 aromatic carbocycles. The van der Waals surface area contributed by atoms with E-state index < -0.39 is 0 Å². The summed E-state index contributed by atoms with van der Waals surface area (Å²) in [6.07, 6.45) is 8.09. The molecule has 1 aliphatic rings. The van der Waals surface area contributed by atoms with Gasteiger partial charge >= 0.3 is 0 Å². The van der Waals surface area contributed by atoms with Crippen LogP contribution in [0.15, 0.2) is 42.7 Å². The molecule has 1 amide bonds. The van der Waals surface area contributed by atoms with Crippen LogP contribution in [0.1, 0.15) is 69.4 Å². The highest BCUT2D eigenvalue weighted by molar-refractivity contribution is 5.94. The quantitative estimate of drug-likeness (QED) is 0.375. The van der Waals surface area contributed by atoms with Crippen molar-refractivity contribution in [2.45, 2.75) is 53.4 Å². The number of imidazole rings is 1. The van der Waals surface area contributed by atoms with Crippen molar-refractivity contribution in [2.75, 3.05) is 38.0 Å². The lowest BCUT2D eigenvalue weighted by Gasteiger charge is -2.24. The zero-order valence-corrected chi connectivity index (χ0v) is 22.7. The SMILES string of the molecule is CC(C)CCN(CCC(C)C)C(=O)c1ccc2nc(Nc3ccccn3)c(C#CCN3CCCC3)n2c1. The van der Waals surface area contributed by atoms with Gasteiger partial charge in [0.15, 0.2) is 5.82 Å². The molecule has 3 aromatic rings. The van der Waals surface area contributed by atoms with Crippen LogP contribution in [0.2, 0.25) is 0 Å². The van der Waals surface area contributed by atoms with Gasteiger partial charge in [-0.05, 0) is 80.8 Å². The van der Waals surface area contributed by atoms with Crippen LogP contribution in [-0.2, 0) is 0 Å². The van der Waals surface area contributed by atoms with E-state index in [2.05, 4.69) is 54.7 Å². The molecule has 4 heterocycles.